The number of thiocarbonyl (C=S) groups is 1. The summed E-state index contributed by atoms with van der Waals surface area (Å²) in [5.74, 6) is 0. The van der Waals surface area contributed by atoms with E-state index in [1.54, 1.807) is 12.1 Å². The van der Waals surface area contributed by atoms with Gasteiger partial charge in [-0.1, -0.05) is 30.4 Å². The normalized spacial score (nSPS) is 11.0. The Hall–Kier alpha value is -1.24. The number of rotatable bonds is 5. The fourth-order valence-corrected chi connectivity index (χ4v) is 2.18. The van der Waals surface area contributed by atoms with Crippen LogP contribution >= 0.6 is 12.2 Å². The molecular weight excluding hydrogens is 244 g/mol. The minimum atomic E-state index is -3.47. The van der Waals surface area contributed by atoms with Crippen LogP contribution in [-0.2, 0) is 10.0 Å². The molecule has 16 heavy (non-hydrogen) atoms. The molecule has 0 fully saturated rings. The minimum Gasteiger partial charge on any atom is -0.389 e. The summed E-state index contributed by atoms with van der Waals surface area (Å²) in [7, 11) is -3.47. The molecule has 1 aromatic carbocycles. The summed E-state index contributed by atoms with van der Waals surface area (Å²) in [4.78, 5) is 0.414. The van der Waals surface area contributed by atoms with Crippen molar-refractivity contribution in [3.63, 3.8) is 0 Å². The van der Waals surface area contributed by atoms with E-state index in [4.69, 9.17) is 18.0 Å². The van der Waals surface area contributed by atoms with Gasteiger partial charge in [-0.25, -0.2) is 13.1 Å². The van der Waals surface area contributed by atoms with Gasteiger partial charge in [0.1, 0.15) is 4.99 Å². The molecule has 0 aliphatic carbocycles. The molecule has 6 heteroatoms. The van der Waals surface area contributed by atoms with E-state index < -0.39 is 10.0 Å². The predicted molar refractivity (Wildman–Crippen MR) is 67.7 cm³/mol. The van der Waals surface area contributed by atoms with Gasteiger partial charge in [0.2, 0.25) is 10.0 Å². The zero-order chi connectivity index (χ0) is 12.2. The van der Waals surface area contributed by atoms with Crippen molar-refractivity contribution in [3.8, 4) is 0 Å². The van der Waals surface area contributed by atoms with Gasteiger partial charge in [-0.15, -0.1) is 6.58 Å². The molecule has 0 spiro atoms. The average molecular weight is 256 g/mol. The van der Waals surface area contributed by atoms with E-state index in [-0.39, 0.29) is 16.4 Å². The molecule has 86 valence electrons. The lowest BCUT2D eigenvalue weighted by molar-refractivity contribution is 0.585. The number of hydrogen-bond acceptors (Lipinski definition) is 3. The average Bonchev–Trinajstić information content (AvgIpc) is 2.26. The van der Waals surface area contributed by atoms with Gasteiger partial charge in [0.05, 0.1) is 4.90 Å². The van der Waals surface area contributed by atoms with Crippen molar-refractivity contribution in [2.75, 3.05) is 6.54 Å². The van der Waals surface area contributed by atoms with Crippen molar-refractivity contribution < 1.29 is 8.42 Å². The fraction of sp³-hybridized carbons (Fsp3) is 0.100. The van der Waals surface area contributed by atoms with Crippen LogP contribution < -0.4 is 10.5 Å². The van der Waals surface area contributed by atoms with E-state index >= 15 is 0 Å². The largest absolute Gasteiger partial charge is 0.389 e. The molecule has 3 N–H and O–H groups in total. The summed E-state index contributed by atoms with van der Waals surface area (Å²) in [6, 6.07) is 6.06. The molecule has 0 atom stereocenters. The summed E-state index contributed by atoms with van der Waals surface area (Å²) in [5.41, 5.74) is 6.04. The van der Waals surface area contributed by atoms with Crippen LogP contribution in [0.2, 0.25) is 0 Å². The minimum absolute atomic E-state index is 0.175. The lowest BCUT2D eigenvalue weighted by atomic mass is 10.2. The third-order valence-corrected chi connectivity index (χ3v) is 3.54. The van der Waals surface area contributed by atoms with E-state index in [0.29, 0.717) is 5.56 Å². The molecule has 0 aliphatic heterocycles. The molecular formula is C10H12N2O2S2. The predicted octanol–water partition coefficient (Wildman–Crippen LogP) is 0.785. The maximum Gasteiger partial charge on any atom is 0.240 e. The summed E-state index contributed by atoms with van der Waals surface area (Å²) in [6.45, 7) is 3.63. The van der Waals surface area contributed by atoms with Gasteiger partial charge < -0.3 is 5.73 Å². The van der Waals surface area contributed by atoms with Crippen LogP contribution in [0.15, 0.2) is 41.8 Å². The van der Waals surface area contributed by atoms with E-state index in [1.807, 2.05) is 0 Å². The summed E-state index contributed by atoms with van der Waals surface area (Å²) in [5, 5.41) is 0. The monoisotopic (exact) mass is 256 g/mol. The van der Waals surface area contributed by atoms with Gasteiger partial charge in [0.25, 0.3) is 0 Å². The van der Waals surface area contributed by atoms with Gasteiger partial charge in [-0.05, 0) is 12.1 Å². The third-order valence-electron chi connectivity index (χ3n) is 1.87. The molecule has 1 aromatic rings. The molecule has 0 aliphatic rings. The number of sulfonamides is 1. The standard InChI is InChI=1S/C10H12N2O2S2/c1-2-7-12-16(13,14)9-5-3-8(4-6-9)10(11)15/h2-6,12H,1,7H2,(H2,11,15). The second-order valence-corrected chi connectivity index (χ2v) is 5.24. The zero-order valence-electron chi connectivity index (χ0n) is 8.51. The Labute approximate surface area is 100 Å². The van der Waals surface area contributed by atoms with E-state index in [2.05, 4.69) is 11.3 Å². The molecule has 0 amide bonds. The van der Waals surface area contributed by atoms with Crippen LogP contribution in [0.4, 0.5) is 0 Å². The molecule has 0 aromatic heterocycles. The molecule has 1 rings (SSSR count). The van der Waals surface area contributed by atoms with Crippen LogP contribution in [0.1, 0.15) is 5.56 Å². The van der Waals surface area contributed by atoms with Crippen molar-refractivity contribution in [2.45, 2.75) is 4.90 Å². The molecule has 0 saturated heterocycles. The Morgan fingerprint density at radius 3 is 2.44 bits per heavy atom. The number of nitrogens with two attached hydrogens (primary N) is 1. The van der Waals surface area contributed by atoms with Gasteiger partial charge >= 0.3 is 0 Å². The third kappa shape index (κ3) is 3.13. The van der Waals surface area contributed by atoms with Gasteiger partial charge in [0, 0.05) is 12.1 Å². The Morgan fingerprint density at radius 2 is 2.00 bits per heavy atom. The highest BCUT2D eigenvalue weighted by Gasteiger charge is 2.12. The summed E-state index contributed by atoms with van der Waals surface area (Å²) < 4.78 is 25.7. The molecule has 0 saturated carbocycles. The highest BCUT2D eigenvalue weighted by atomic mass is 32.2. The fourth-order valence-electron chi connectivity index (χ4n) is 1.05. The van der Waals surface area contributed by atoms with Crippen LogP contribution in [0, 0.1) is 0 Å². The smallest absolute Gasteiger partial charge is 0.240 e. The highest BCUT2D eigenvalue weighted by molar-refractivity contribution is 7.89. The zero-order valence-corrected chi connectivity index (χ0v) is 10.1. The van der Waals surface area contributed by atoms with E-state index in [9.17, 15) is 8.42 Å². The highest BCUT2D eigenvalue weighted by Crippen LogP contribution is 2.10. The molecule has 0 heterocycles. The van der Waals surface area contributed by atoms with Crippen molar-refractivity contribution >= 4 is 27.2 Å². The van der Waals surface area contributed by atoms with Crippen molar-refractivity contribution in [3.05, 3.63) is 42.5 Å². The molecule has 0 bridgehead atoms. The molecule has 4 nitrogen and oxygen atoms in total. The first kappa shape index (κ1) is 12.8. The van der Waals surface area contributed by atoms with Crippen LogP contribution in [0.25, 0.3) is 0 Å². The Balaban J connectivity index is 2.97. The first-order valence-corrected chi connectivity index (χ1v) is 6.37. The van der Waals surface area contributed by atoms with Crippen molar-refractivity contribution in [2.24, 2.45) is 5.73 Å². The van der Waals surface area contributed by atoms with Crippen LogP contribution in [-0.4, -0.2) is 20.0 Å². The Bertz CT molecular complexity index is 492. The van der Waals surface area contributed by atoms with E-state index in [0.717, 1.165) is 0 Å². The van der Waals surface area contributed by atoms with Gasteiger partial charge in [-0.3, -0.25) is 0 Å². The topological polar surface area (TPSA) is 72.2 Å². The summed E-state index contributed by atoms with van der Waals surface area (Å²) >= 11 is 4.77. The number of hydrogen-bond donors (Lipinski definition) is 2. The number of nitrogens with one attached hydrogen (secondary N) is 1. The Morgan fingerprint density at radius 1 is 1.44 bits per heavy atom. The molecule has 0 unspecified atom stereocenters. The van der Waals surface area contributed by atoms with Crippen molar-refractivity contribution in [1.29, 1.82) is 0 Å². The maximum absolute atomic E-state index is 11.6. The summed E-state index contributed by atoms with van der Waals surface area (Å²) in [6.07, 6.45) is 1.47. The van der Waals surface area contributed by atoms with E-state index in [1.165, 1.54) is 18.2 Å². The number of benzene rings is 1. The second-order valence-electron chi connectivity index (χ2n) is 3.03. The van der Waals surface area contributed by atoms with Gasteiger partial charge in [0.15, 0.2) is 0 Å². The lowest BCUT2D eigenvalue weighted by Gasteiger charge is -2.05. The van der Waals surface area contributed by atoms with Crippen LogP contribution in [0.3, 0.4) is 0 Å². The second kappa shape index (κ2) is 5.20. The quantitative estimate of drug-likeness (QED) is 0.603. The van der Waals surface area contributed by atoms with Crippen LogP contribution in [0.5, 0.6) is 0 Å². The first-order chi connectivity index (χ1) is 7.47. The van der Waals surface area contributed by atoms with Crippen molar-refractivity contribution in [1.82, 2.24) is 4.72 Å². The lowest BCUT2D eigenvalue weighted by Crippen LogP contribution is -2.23. The maximum atomic E-state index is 11.6. The SMILES string of the molecule is C=CCNS(=O)(=O)c1ccc(C(N)=S)cc1. The Kier molecular flexibility index (Phi) is 4.17. The molecule has 0 radical (unpaired) electrons. The first-order valence-electron chi connectivity index (χ1n) is 4.48. The van der Waals surface area contributed by atoms with Gasteiger partial charge in [-0.2, -0.15) is 0 Å².